The normalized spacial score (nSPS) is 12.1. The Bertz CT molecular complexity index is 521. The van der Waals surface area contributed by atoms with Crippen LogP contribution in [0.15, 0.2) is 54.6 Å². The van der Waals surface area contributed by atoms with Crippen LogP contribution in [-0.4, -0.2) is 11.7 Å². The molecule has 0 aliphatic carbocycles. The summed E-state index contributed by atoms with van der Waals surface area (Å²) >= 11 is 0. The van der Waals surface area contributed by atoms with Gasteiger partial charge in [-0.25, -0.2) is 0 Å². The van der Waals surface area contributed by atoms with Crippen LogP contribution in [0.25, 0.3) is 0 Å². The fourth-order valence-corrected chi connectivity index (χ4v) is 2.54. The van der Waals surface area contributed by atoms with Gasteiger partial charge in [-0.3, -0.25) is 0 Å². The lowest BCUT2D eigenvalue weighted by Crippen LogP contribution is -2.21. The third-order valence-electron chi connectivity index (χ3n) is 3.80. The molecule has 0 spiro atoms. The fourth-order valence-electron chi connectivity index (χ4n) is 2.54. The lowest BCUT2D eigenvalue weighted by Gasteiger charge is -2.24. The first-order valence-corrected chi connectivity index (χ1v) is 7.81. The van der Waals surface area contributed by atoms with Gasteiger partial charge in [-0.2, -0.15) is 0 Å². The van der Waals surface area contributed by atoms with Gasteiger partial charge in [0.25, 0.3) is 0 Å². The van der Waals surface area contributed by atoms with Crippen molar-refractivity contribution in [1.82, 2.24) is 0 Å². The Balaban J connectivity index is 2.08. The van der Waals surface area contributed by atoms with E-state index in [1.807, 2.05) is 18.2 Å². The first-order chi connectivity index (χ1) is 10.2. The first-order valence-electron chi connectivity index (χ1n) is 7.81. The second-order valence-electron chi connectivity index (χ2n) is 5.40. The number of hydrogen-bond acceptors (Lipinski definition) is 2. The van der Waals surface area contributed by atoms with Crippen LogP contribution in [0.4, 0.5) is 5.69 Å². The number of rotatable bonds is 7. The monoisotopic (exact) mass is 283 g/mol. The van der Waals surface area contributed by atoms with Crippen molar-refractivity contribution in [3.8, 4) is 0 Å². The van der Waals surface area contributed by atoms with Crippen molar-refractivity contribution in [3.05, 3.63) is 65.7 Å². The molecular formula is C19H25NO. The smallest absolute Gasteiger partial charge is 0.0790 e. The van der Waals surface area contributed by atoms with Crippen molar-refractivity contribution in [3.63, 3.8) is 0 Å². The van der Waals surface area contributed by atoms with E-state index >= 15 is 0 Å². The van der Waals surface area contributed by atoms with Crippen molar-refractivity contribution in [2.45, 2.75) is 39.3 Å². The number of aliphatic hydroxyl groups excluding tert-OH is 1. The molecule has 0 bridgehead atoms. The van der Waals surface area contributed by atoms with Gasteiger partial charge in [0.05, 0.1) is 6.10 Å². The van der Waals surface area contributed by atoms with E-state index in [2.05, 4.69) is 55.1 Å². The number of hydrogen-bond donors (Lipinski definition) is 1. The third kappa shape index (κ3) is 4.33. The van der Waals surface area contributed by atoms with Crippen LogP contribution in [0.2, 0.25) is 0 Å². The van der Waals surface area contributed by atoms with Crippen LogP contribution < -0.4 is 4.90 Å². The molecule has 0 aromatic heterocycles. The maximum atomic E-state index is 10.0. The van der Waals surface area contributed by atoms with Crippen molar-refractivity contribution >= 4 is 5.69 Å². The molecule has 2 aromatic rings. The molecule has 21 heavy (non-hydrogen) atoms. The van der Waals surface area contributed by atoms with Crippen LogP contribution in [0, 0.1) is 0 Å². The van der Waals surface area contributed by atoms with Gasteiger partial charge < -0.3 is 10.0 Å². The summed E-state index contributed by atoms with van der Waals surface area (Å²) in [5.41, 5.74) is 3.53. The Morgan fingerprint density at radius 3 is 2.19 bits per heavy atom. The van der Waals surface area contributed by atoms with Crippen molar-refractivity contribution in [2.24, 2.45) is 0 Å². The zero-order valence-electron chi connectivity index (χ0n) is 13.0. The molecule has 1 atom stereocenters. The van der Waals surface area contributed by atoms with Gasteiger partial charge in [-0.05, 0) is 36.6 Å². The van der Waals surface area contributed by atoms with E-state index in [1.54, 1.807) is 0 Å². The lowest BCUT2D eigenvalue weighted by molar-refractivity contribution is 0.166. The molecule has 0 saturated heterocycles. The molecule has 0 amide bonds. The Morgan fingerprint density at radius 1 is 0.952 bits per heavy atom. The highest BCUT2D eigenvalue weighted by Crippen LogP contribution is 2.23. The molecule has 2 heteroatoms. The maximum absolute atomic E-state index is 10.0. The minimum Gasteiger partial charge on any atom is -0.388 e. The highest BCUT2D eigenvalue weighted by Gasteiger charge is 2.08. The largest absolute Gasteiger partial charge is 0.388 e. The topological polar surface area (TPSA) is 23.5 Å². The predicted octanol–water partition coefficient (Wildman–Crippen LogP) is 4.55. The first kappa shape index (κ1) is 15.6. The average molecular weight is 283 g/mol. The molecule has 0 aliphatic rings. The molecule has 112 valence electrons. The van der Waals surface area contributed by atoms with Gasteiger partial charge in [-0.15, -0.1) is 0 Å². The quantitative estimate of drug-likeness (QED) is 0.806. The van der Waals surface area contributed by atoms with Crippen LogP contribution >= 0.6 is 0 Å². The number of nitrogens with zero attached hydrogens (tertiary/aromatic N) is 1. The van der Waals surface area contributed by atoms with Crippen molar-refractivity contribution < 1.29 is 5.11 Å². The fraction of sp³-hybridized carbons (Fsp3) is 0.368. The van der Waals surface area contributed by atoms with Crippen LogP contribution in [0.1, 0.15) is 43.9 Å². The molecule has 0 heterocycles. The van der Waals surface area contributed by atoms with Gasteiger partial charge in [0.2, 0.25) is 0 Å². The molecule has 2 rings (SSSR count). The summed E-state index contributed by atoms with van der Waals surface area (Å²) in [4.78, 5) is 2.34. The van der Waals surface area contributed by atoms with Gasteiger partial charge in [0.1, 0.15) is 0 Å². The highest BCUT2D eigenvalue weighted by atomic mass is 16.3. The summed E-state index contributed by atoms with van der Waals surface area (Å²) in [7, 11) is 0. The summed E-state index contributed by atoms with van der Waals surface area (Å²) in [6.45, 7) is 6.14. The second kappa shape index (κ2) is 7.84. The average Bonchev–Trinajstić information content (AvgIpc) is 2.54. The Kier molecular flexibility index (Phi) is 5.82. The Morgan fingerprint density at radius 2 is 1.62 bits per heavy atom. The standard InChI is InChI=1S/C19H25NO/c1-3-8-19(21)17-11-13-18(14-12-17)20(4-2)15-16-9-6-5-7-10-16/h5-7,9-14,19,21H,3-4,8,15H2,1-2H3. The molecule has 2 aromatic carbocycles. The number of anilines is 1. The van der Waals surface area contributed by atoms with E-state index < -0.39 is 0 Å². The van der Waals surface area contributed by atoms with Crippen molar-refractivity contribution in [2.75, 3.05) is 11.4 Å². The molecule has 2 nitrogen and oxygen atoms in total. The zero-order chi connectivity index (χ0) is 15.1. The Labute approximate surface area is 128 Å². The van der Waals surface area contributed by atoms with E-state index in [4.69, 9.17) is 0 Å². The van der Waals surface area contributed by atoms with Crippen LogP contribution in [0.5, 0.6) is 0 Å². The third-order valence-corrected chi connectivity index (χ3v) is 3.80. The lowest BCUT2D eigenvalue weighted by atomic mass is 10.0. The Hall–Kier alpha value is -1.80. The summed E-state index contributed by atoms with van der Waals surface area (Å²) in [5, 5.41) is 10.0. The number of benzene rings is 2. The van der Waals surface area contributed by atoms with Gasteiger partial charge in [-0.1, -0.05) is 55.8 Å². The van der Waals surface area contributed by atoms with E-state index in [0.29, 0.717) is 0 Å². The van der Waals surface area contributed by atoms with E-state index in [-0.39, 0.29) is 6.10 Å². The van der Waals surface area contributed by atoms with Gasteiger partial charge >= 0.3 is 0 Å². The highest BCUT2D eigenvalue weighted by molar-refractivity contribution is 5.48. The van der Waals surface area contributed by atoms with Gasteiger partial charge in [0.15, 0.2) is 0 Å². The molecule has 0 radical (unpaired) electrons. The van der Waals surface area contributed by atoms with E-state index in [9.17, 15) is 5.11 Å². The molecule has 0 aliphatic heterocycles. The van der Waals surface area contributed by atoms with E-state index in [0.717, 1.165) is 31.5 Å². The predicted molar refractivity (Wildman–Crippen MR) is 89.5 cm³/mol. The summed E-state index contributed by atoms with van der Waals surface area (Å²) in [6, 6.07) is 18.8. The SMILES string of the molecule is CCCC(O)c1ccc(N(CC)Cc2ccccc2)cc1. The maximum Gasteiger partial charge on any atom is 0.0790 e. The molecule has 0 fully saturated rings. The zero-order valence-corrected chi connectivity index (χ0v) is 13.0. The molecule has 1 N–H and O–H groups in total. The number of aliphatic hydroxyl groups is 1. The summed E-state index contributed by atoms with van der Waals surface area (Å²) in [6.07, 6.45) is 1.48. The minimum atomic E-state index is -0.340. The summed E-state index contributed by atoms with van der Waals surface area (Å²) < 4.78 is 0. The van der Waals surface area contributed by atoms with Crippen LogP contribution in [-0.2, 0) is 6.54 Å². The second-order valence-corrected chi connectivity index (χ2v) is 5.40. The van der Waals surface area contributed by atoms with E-state index in [1.165, 1.54) is 11.3 Å². The van der Waals surface area contributed by atoms with Gasteiger partial charge in [0, 0.05) is 18.8 Å². The van der Waals surface area contributed by atoms with Crippen LogP contribution in [0.3, 0.4) is 0 Å². The molecular weight excluding hydrogens is 258 g/mol. The molecule has 1 unspecified atom stereocenters. The van der Waals surface area contributed by atoms with Crippen molar-refractivity contribution in [1.29, 1.82) is 0 Å². The minimum absolute atomic E-state index is 0.340. The summed E-state index contributed by atoms with van der Waals surface area (Å²) in [5.74, 6) is 0. The molecule has 0 saturated carbocycles.